The fourth-order valence-corrected chi connectivity index (χ4v) is 1.76. The lowest BCUT2D eigenvalue weighted by molar-refractivity contribution is 0.0487. The van der Waals surface area contributed by atoms with Gasteiger partial charge in [0.1, 0.15) is 0 Å². The number of nitrogens with one attached hydrogen (secondary N) is 2. The van der Waals surface area contributed by atoms with Gasteiger partial charge in [-0.1, -0.05) is 26.7 Å². The van der Waals surface area contributed by atoms with Crippen LogP contribution in [0.4, 0.5) is 0 Å². The summed E-state index contributed by atoms with van der Waals surface area (Å²) in [6, 6.07) is 0. The Kier molecular flexibility index (Phi) is 18.5. The van der Waals surface area contributed by atoms with Crippen LogP contribution < -0.4 is 10.6 Å². The minimum Gasteiger partial charge on any atom is -0.381 e. The van der Waals surface area contributed by atoms with E-state index in [1.165, 1.54) is 12.8 Å². The Morgan fingerprint density at radius 1 is 0.696 bits per heavy atom. The maximum Gasteiger partial charge on any atom is 0.191 e. The molecule has 0 saturated carbocycles. The fraction of sp³-hybridized carbons (Fsp3) is 0.941. The molecule has 0 spiro atoms. The molecule has 0 aromatic carbocycles. The molecule has 0 aromatic heterocycles. The Bertz CT molecular complexity index is 263. The van der Waals surface area contributed by atoms with Crippen molar-refractivity contribution in [3.8, 4) is 0 Å². The van der Waals surface area contributed by atoms with E-state index < -0.39 is 0 Å². The molecule has 0 aliphatic carbocycles. The van der Waals surface area contributed by atoms with Crippen LogP contribution in [0.25, 0.3) is 0 Å². The second-order valence-electron chi connectivity index (χ2n) is 5.32. The summed E-state index contributed by atoms with van der Waals surface area (Å²) in [6.07, 6.45) is 5.59. The van der Waals surface area contributed by atoms with Crippen LogP contribution in [0.5, 0.6) is 0 Å². The Hall–Kier alpha value is -0.850. The zero-order chi connectivity index (χ0) is 17.0. The molecular weight excluding hydrogens is 294 g/mol. The molecule has 0 amide bonds. The van der Waals surface area contributed by atoms with Crippen molar-refractivity contribution in [3.63, 3.8) is 0 Å². The van der Waals surface area contributed by atoms with Gasteiger partial charge in [-0.25, -0.2) is 0 Å². The van der Waals surface area contributed by atoms with Crippen molar-refractivity contribution in [1.29, 1.82) is 0 Å². The van der Waals surface area contributed by atoms with Gasteiger partial charge in [0.2, 0.25) is 0 Å². The first-order valence-electron chi connectivity index (χ1n) is 9.02. The van der Waals surface area contributed by atoms with Gasteiger partial charge in [0.15, 0.2) is 5.96 Å². The number of nitrogens with zero attached hydrogens (tertiary/aromatic N) is 1. The fourth-order valence-electron chi connectivity index (χ4n) is 1.76. The van der Waals surface area contributed by atoms with E-state index in [1.807, 2.05) is 0 Å². The molecule has 0 heterocycles. The van der Waals surface area contributed by atoms with E-state index in [9.17, 15) is 0 Å². The second kappa shape index (κ2) is 19.2. The number of hydrogen-bond donors (Lipinski definition) is 2. The van der Waals surface area contributed by atoms with Crippen molar-refractivity contribution in [2.24, 2.45) is 4.99 Å². The highest BCUT2D eigenvalue weighted by atomic mass is 16.5. The third-order valence-electron chi connectivity index (χ3n) is 3.18. The molecule has 0 rings (SSSR count). The molecular formula is C17H37N3O3. The standard InChI is InChI=1S/C17H37N3O3/c1-4-6-11-21-13-8-9-19-17(18-3)20-10-14-23-16-15-22-12-7-5-2/h4-16H2,1-3H3,(H2,18,19,20). The van der Waals surface area contributed by atoms with Gasteiger partial charge in [-0.3, -0.25) is 4.99 Å². The van der Waals surface area contributed by atoms with Gasteiger partial charge < -0.3 is 24.8 Å². The smallest absolute Gasteiger partial charge is 0.191 e. The predicted molar refractivity (Wildman–Crippen MR) is 96.3 cm³/mol. The Morgan fingerprint density at radius 2 is 1.22 bits per heavy atom. The molecule has 0 unspecified atom stereocenters. The van der Waals surface area contributed by atoms with Crippen LogP contribution in [0, 0.1) is 0 Å². The van der Waals surface area contributed by atoms with Gasteiger partial charge >= 0.3 is 0 Å². The number of hydrogen-bond acceptors (Lipinski definition) is 4. The molecule has 0 bridgehead atoms. The number of guanidine groups is 1. The molecule has 0 aliphatic rings. The van der Waals surface area contributed by atoms with Crippen molar-refractivity contribution < 1.29 is 14.2 Å². The van der Waals surface area contributed by atoms with E-state index in [0.29, 0.717) is 19.8 Å². The van der Waals surface area contributed by atoms with Crippen LogP contribution in [0.3, 0.4) is 0 Å². The third kappa shape index (κ3) is 17.3. The highest BCUT2D eigenvalue weighted by Crippen LogP contribution is 1.89. The van der Waals surface area contributed by atoms with E-state index in [1.54, 1.807) is 7.05 Å². The van der Waals surface area contributed by atoms with Crippen LogP contribution in [-0.4, -0.2) is 65.7 Å². The lowest BCUT2D eigenvalue weighted by Crippen LogP contribution is -2.39. The maximum absolute atomic E-state index is 5.52. The first kappa shape index (κ1) is 22.1. The zero-order valence-electron chi connectivity index (χ0n) is 15.4. The molecule has 2 N–H and O–H groups in total. The quantitative estimate of drug-likeness (QED) is 0.258. The van der Waals surface area contributed by atoms with Gasteiger partial charge in [0.25, 0.3) is 0 Å². The van der Waals surface area contributed by atoms with Crippen LogP contribution in [0.15, 0.2) is 4.99 Å². The summed E-state index contributed by atoms with van der Waals surface area (Å²) >= 11 is 0. The van der Waals surface area contributed by atoms with Crippen molar-refractivity contribution in [2.45, 2.75) is 46.0 Å². The molecule has 0 radical (unpaired) electrons. The van der Waals surface area contributed by atoms with Gasteiger partial charge in [-0.05, 0) is 19.3 Å². The molecule has 6 nitrogen and oxygen atoms in total. The van der Waals surface area contributed by atoms with Gasteiger partial charge in [-0.2, -0.15) is 0 Å². The predicted octanol–water partition coefficient (Wildman–Crippen LogP) is 2.19. The minimum atomic E-state index is 0.645. The highest BCUT2D eigenvalue weighted by molar-refractivity contribution is 5.79. The number of ether oxygens (including phenoxy) is 3. The molecule has 0 atom stereocenters. The molecule has 0 aliphatic heterocycles. The Balaban J connectivity index is 3.32. The maximum atomic E-state index is 5.52. The summed E-state index contributed by atoms with van der Waals surface area (Å²) in [5.41, 5.74) is 0. The monoisotopic (exact) mass is 331 g/mol. The highest BCUT2D eigenvalue weighted by Gasteiger charge is 1.97. The van der Waals surface area contributed by atoms with E-state index in [2.05, 4.69) is 29.5 Å². The Labute approximate surface area is 142 Å². The van der Waals surface area contributed by atoms with Crippen molar-refractivity contribution in [2.75, 3.05) is 59.8 Å². The lowest BCUT2D eigenvalue weighted by atomic mass is 10.4. The molecule has 6 heteroatoms. The largest absolute Gasteiger partial charge is 0.381 e. The number of rotatable bonds is 16. The summed E-state index contributed by atoms with van der Waals surface area (Å²) in [7, 11) is 1.77. The molecule has 0 fully saturated rings. The van der Waals surface area contributed by atoms with Crippen LogP contribution >= 0.6 is 0 Å². The summed E-state index contributed by atoms with van der Waals surface area (Å²) in [5.74, 6) is 0.807. The number of aliphatic imine (C=N–C) groups is 1. The van der Waals surface area contributed by atoms with E-state index in [-0.39, 0.29) is 0 Å². The van der Waals surface area contributed by atoms with Gasteiger partial charge in [-0.15, -0.1) is 0 Å². The minimum absolute atomic E-state index is 0.645. The first-order chi connectivity index (χ1) is 11.3. The Morgan fingerprint density at radius 3 is 1.83 bits per heavy atom. The average Bonchev–Trinajstić information content (AvgIpc) is 2.57. The summed E-state index contributed by atoms with van der Waals surface area (Å²) < 4.78 is 16.4. The van der Waals surface area contributed by atoms with Gasteiger partial charge in [0, 0.05) is 40.0 Å². The molecule has 138 valence electrons. The SMILES string of the molecule is CCCCOCCCNC(=NC)NCCOCCOCCCC. The van der Waals surface area contributed by atoms with E-state index in [4.69, 9.17) is 14.2 Å². The second-order valence-corrected chi connectivity index (χ2v) is 5.32. The van der Waals surface area contributed by atoms with Crippen LogP contribution in [-0.2, 0) is 14.2 Å². The van der Waals surface area contributed by atoms with Gasteiger partial charge in [0.05, 0.1) is 19.8 Å². The van der Waals surface area contributed by atoms with Crippen LogP contribution in [0.2, 0.25) is 0 Å². The molecule has 0 saturated heterocycles. The normalized spacial score (nSPS) is 11.7. The van der Waals surface area contributed by atoms with E-state index in [0.717, 1.165) is 58.1 Å². The lowest BCUT2D eigenvalue weighted by Gasteiger charge is -2.12. The topological polar surface area (TPSA) is 64.1 Å². The summed E-state index contributed by atoms with van der Waals surface area (Å²) in [6.45, 7) is 10.4. The summed E-state index contributed by atoms with van der Waals surface area (Å²) in [5, 5.41) is 6.49. The van der Waals surface area contributed by atoms with Crippen molar-refractivity contribution >= 4 is 5.96 Å². The van der Waals surface area contributed by atoms with Crippen molar-refractivity contribution in [3.05, 3.63) is 0 Å². The molecule has 23 heavy (non-hydrogen) atoms. The van der Waals surface area contributed by atoms with E-state index >= 15 is 0 Å². The summed E-state index contributed by atoms with van der Waals surface area (Å²) in [4.78, 5) is 4.18. The number of unbranched alkanes of at least 4 members (excludes halogenated alkanes) is 2. The third-order valence-corrected chi connectivity index (χ3v) is 3.18. The average molecular weight is 332 g/mol. The molecule has 0 aromatic rings. The van der Waals surface area contributed by atoms with Crippen LogP contribution in [0.1, 0.15) is 46.0 Å². The zero-order valence-corrected chi connectivity index (χ0v) is 15.4. The van der Waals surface area contributed by atoms with Crippen molar-refractivity contribution in [1.82, 2.24) is 10.6 Å². The first-order valence-corrected chi connectivity index (χ1v) is 9.02.